The molecule has 0 bridgehead atoms. The molecule has 0 fully saturated rings. The third kappa shape index (κ3) is 4.61. The van der Waals surface area contributed by atoms with Gasteiger partial charge in [0, 0.05) is 6.04 Å². The molecule has 0 radical (unpaired) electrons. The Morgan fingerprint density at radius 3 is 2.65 bits per heavy atom. The third-order valence-electron chi connectivity index (χ3n) is 2.89. The van der Waals surface area contributed by atoms with Crippen molar-refractivity contribution in [2.24, 2.45) is 0 Å². The number of hydrogen-bond donors (Lipinski definition) is 2. The van der Waals surface area contributed by atoms with Gasteiger partial charge in [0.25, 0.3) is 0 Å². The fraction of sp³-hybridized carbons (Fsp3) is 0.615. The Labute approximate surface area is 103 Å². The van der Waals surface area contributed by atoms with E-state index >= 15 is 0 Å². The first-order chi connectivity index (χ1) is 8.17. The molecular formula is C13H22N2O2. The fourth-order valence-corrected chi connectivity index (χ4v) is 1.66. The van der Waals surface area contributed by atoms with Crippen LogP contribution in [0.15, 0.2) is 22.8 Å². The Hall–Kier alpha value is -1.29. The van der Waals surface area contributed by atoms with E-state index in [9.17, 15) is 4.79 Å². The average Bonchev–Trinajstić information content (AvgIpc) is 2.86. The zero-order valence-corrected chi connectivity index (χ0v) is 10.8. The second-order valence-electron chi connectivity index (χ2n) is 4.20. The van der Waals surface area contributed by atoms with Crippen molar-refractivity contribution in [2.45, 2.75) is 45.7 Å². The first-order valence-electron chi connectivity index (χ1n) is 6.23. The van der Waals surface area contributed by atoms with Gasteiger partial charge >= 0.3 is 0 Å². The molecule has 2 N–H and O–H groups in total. The summed E-state index contributed by atoms with van der Waals surface area (Å²) in [7, 11) is 0. The molecule has 0 saturated heterocycles. The molecule has 0 aliphatic heterocycles. The topological polar surface area (TPSA) is 54.3 Å². The highest BCUT2D eigenvalue weighted by molar-refractivity contribution is 5.78. The standard InChI is InChI=1S/C13H22N2O2/c1-4-11(5-2)15-13(16)9-14-10(3)12-7-6-8-17-12/h6-8,10-11,14H,4-5,9H2,1-3H3,(H,15,16). The predicted octanol–water partition coefficient (Wildman–Crippen LogP) is 2.23. The molecular weight excluding hydrogens is 216 g/mol. The van der Waals surface area contributed by atoms with Crippen LogP contribution in [0.2, 0.25) is 0 Å². The monoisotopic (exact) mass is 238 g/mol. The molecule has 0 aliphatic rings. The van der Waals surface area contributed by atoms with Gasteiger partial charge in [0.15, 0.2) is 0 Å². The minimum absolute atomic E-state index is 0.0390. The van der Waals surface area contributed by atoms with Gasteiger partial charge < -0.3 is 9.73 Å². The van der Waals surface area contributed by atoms with Gasteiger partial charge in [0.2, 0.25) is 5.91 Å². The smallest absolute Gasteiger partial charge is 0.234 e. The van der Waals surface area contributed by atoms with E-state index in [0.717, 1.165) is 18.6 Å². The summed E-state index contributed by atoms with van der Waals surface area (Å²) in [5, 5.41) is 6.12. The van der Waals surface area contributed by atoms with Crippen molar-refractivity contribution in [3.05, 3.63) is 24.2 Å². The highest BCUT2D eigenvalue weighted by Gasteiger charge is 2.11. The summed E-state index contributed by atoms with van der Waals surface area (Å²) >= 11 is 0. The molecule has 0 aliphatic carbocycles. The molecule has 4 heteroatoms. The summed E-state index contributed by atoms with van der Waals surface area (Å²) < 4.78 is 5.26. The van der Waals surface area contributed by atoms with Gasteiger partial charge in [0.05, 0.1) is 18.8 Å². The Morgan fingerprint density at radius 1 is 1.41 bits per heavy atom. The maximum absolute atomic E-state index is 11.6. The number of nitrogens with one attached hydrogen (secondary N) is 2. The van der Waals surface area contributed by atoms with Crippen LogP contribution in [0.5, 0.6) is 0 Å². The summed E-state index contributed by atoms with van der Waals surface area (Å²) in [6.45, 7) is 6.45. The van der Waals surface area contributed by atoms with E-state index in [4.69, 9.17) is 4.42 Å². The maximum atomic E-state index is 11.6. The van der Waals surface area contributed by atoms with Crippen molar-refractivity contribution in [1.82, 2.24) is 10.6 Å². The van der Waals surface area contributed by atoms with Crippen LogP contribution in [0.1, 0.15) is 45.4 Å². The minimum Gasteiger partial charge on any atom is -0.468 e. The maximum Gasteiger partial charge on any atom is 0.234 e. The number of hydrogen-bond acceptors (Lipinski definition) is 3. The average molecular weight is 238 g/mol. The largest absolute Gasteiger partial charge is 0.468 e. The summed E-state index contributed by atoms with van der Waals surface area (Å²) in [5.74, 6) is 0.887. The van der Waals surface area contributed by atoms with Crippen LogP contribution in [-0.2, 0) is 4.79 Å². The highest BCUT2D eigenvalue weighted by atomic mass is 16.3. The number of carbonyl (C=O) groups excluding carboxylic acids is 1. The molecule has 1 unspecified atom stereocenters. The van der Waals surface area contributed by atoms with Gasteiger partial charge in [-0.15, -0.1) is 0 Å². The second kappa shape index (κ2) is 7.12. The molecule has 1 rings (SSSR count). The van der Waals surface area contributed by atoms with Gasteiger partial charge in [-0.1, -0.05) is 13.8 Å². The van der Waals surface area contributed by atoms with Gasteiger partial charge in [0.1, 0.15) is 5.76 Å². The molecule has 1 aromatic rings. The van der Waals surface area contributed by atoms with Crippen LogP contribution in [0.4, 0.5) is 0 Å². The summed E-state index contributed by atoms with van der Waals surface area (Å²) in [6, 6.07) is 4.08. The van der Waals surface area contributed by atoms with E-state index in [0.29, 0.717) is 6.54 Å². The van der Waals surface area contributed by atoms with E-state index in [1.165, 1.54) is 0 Å². The summed E-state index contributed by atoms with van der Waals surface area (Å²) in [5.41, 5.74) is 0. The van der Waals surface area contributed by atoms with Gasteiger partial charge in [-0.25, -0.2) is 0 Å². The van der Waals surface area contributed by atoms with Crippen molar-refractivity contribution in [1.29, 1.82) is 0 Å². The molecule has 1 atom stereocenters. The van der Waals surface area contributed by atoms with Crippen LogP contribution in [-0.4, -0.2) is 18.5 Å². The molecule has 0 aromatic carbocycles. The Morgan fingerprint density at radius 2 is 2.12 bits per heavy atom. The molecule has 0 spiro atoms. The lowest BCUT2D eigenvalue weighted by Gasteiger charge is -2.16. The lowest BCUT2D eigenvalue weighted by atomic mass is 10.2. The minimum atomic E-state index is 0.0390. The van der Waals surface area contributed by atoms with E-state index < -0.39 is 0 Å². The molecule has 96 valence electrons. The van der Waals surface area contributed by atoms with Crippen LogP contribution in [0.3, 0.4) is 0 Å². The SMILES string of the molecule is CCC(CC)NC(=O)CNC(C)c1ccco1. The molecule has 1 amide bonds. The van der Waals surface area contributed by atoms with Crippen LogP contribution < -0.4 is 10.6 Å². The second-order valence-corrected chi connectivity index (χ2v) is 4.20. The van der Waals surface area contributed by atoms with Crippen molar-refractivity contribution < 1.29 is 9.21 Å². The Bertz CT molecular complexity index is 318. The first-order valence-corrected chi connectivity index (χ1v) is 6.23. The van der Waals surface area contributed by atoms with Crippen LogP contribution >= 0.6 is 0 Å². The van der Waals surface area contributed by atoms with Crippen molar-refractivity contribution in [3.8, 4) is 0 Å². The zero-order chi connectivity index (χ0) is 12.7. The van der Waals surface area contributed by atoms with E-state index in [1.54, 1.807) is 6.26 Å². The van der Waals surface area contributed by atoms with Crippen molar-refractivity contribution in [3.63, 3.8) is 0 Å². The number of amides is 1. The molecule has 1 aromatic heterocycles. The van der Waals surface area contributed by atoms with Gasteiger partial charge in [-0.3, -0.25) is 10.1 Å². The Kier molecular flexibility index (Phi) is 5.77. The van der Waals surface area contributed by atoms with Crippen molar-refractivity contribution in [2.75, 3.05) is 6.54 Å². The summed E-state index contributed by atoms with van der Waals surface area (Å²) in [6.07, 6.45) is 3.57. The lowest BCUT2D eigenvalue weighted by Crippen LogP contribution is -2.40. The van der Waals surface area contributed by atoms with Crippen LogP contribution in [0.25, 0.3) is 0 Å². The number of rotatable bonds is 7. The van der Waals surface area contributed by atoms with Gasteiger partial charge in [-0.2, -0.15) is 0 Å². The highest BCUT2D eigenvalue weighted by Crippen LogP contribution is 2.11. The van der Waals surface area contributed by atoms with Crippen molar-refractivity contribution >= 4 is 5.91 Å². The summed E-state index contributed by atoms with van der Waals surface area (Å²) in [4.78, 5) is 11.6. The quantitative estimate of drug-likeness (QED) is 0.766. The number of carbonyl (C=O) groups is 1. The first kappa shape index (κ1) is 13.8. The normalized spacial score (nSPS) is 12.7. The molecule has 1 heterocycles. The third-order valence-corrected chi connectivity index (χ3v) is 2.89. The molecule has 4 nitrogen and oxygen atoms in total. The van der Waals surface area contributed by atoms with Crippen LogP contribution in [0, 0.1) is 0 Å². The predicted molar refractivity (Wildman–Crippen MR) is 67.6 cm³/mol. The number of furan rings is 1. The van der Waals surface area contributed by atoms with E-state index in [1.807, 2.05) is 19.1 Å². The fourth-order valence-electron chi connectivity index (χ4n) is 1.66. The lowest BCUT2D eigenvalue weighted by molar-refractivity contribution is -0.121. The van der Waals surface area contributed by atoms with E-state index in [-0.39, 0.29) is 18.0 Å². The molecule has 0 saturated carbocycles. The Balaban J connectivity index is 2.28. The van der Waals surface area contributed by atoms with E-state index in [2.05, 4.69) is 24.5 Å². The molecule has 17 heavy (non-hydrogen) atoms. The zero-order valence-electron chi connectivity index (χ0n) is 10.8. The van der Waals surface area contributed by atoms with Gasteiger partial charge in [-0.05, 0) is 31.9 Å².